The molecule has 0 N–H and O–H groups in total. The van der Waals surface area contributed by atoms with Crippen molar-refractivity contribution in [3.8, 4) is 0 Å². The molecule has 6 nitrogen and oxygen atoms in total. The lowest BCUT2D eigenvalue weighted by molar-refractivity contribution is -0.167. The molecule has 0 aliphatic carbocycles. The van der Waals surface area contributed by atoms with Gasteiger partial charge in [-0.05, 0) is 109 Å². The van der Waals surface area contributed by atoms with E-state index in [1.54, 1.807) is 0 Å². The van der Waals surface area contributed by atoms with Gasteiger partial charge in [-0.1, -0.05) is 245 Å². The van der Waals surface area contributed by atoms with E-state index in [9.17, 15) is 14.4 Å². The van der Waals surface area contributed by atoms with Crippen LogP contribution in [0, 0.1) is 0 Å². The maximum Gasteiger partial charge on any atom is 0.306 e. The number of esters is 3. The van der Waals surface area contributed by atoms with Crippen molar-refractivity contribution in [1.29, 1.82) is 0 Å². The Bertz CT molecular complexity index is 1500. The average molecular weight is 984 g/mol. The number of hydrogen-bond acceptors (Lipinski definition) is 6. The first-order chi connectivity index (χ1) is 35.0. The minimum atomic E-state index is -0.799. The molecule has 402 valence electrons. The molecule has 0 amide bonds. The van der Waals surface area contributed by atoms with Crippen LogP contribution in [0.5, 0.6) is 0 Å². The molecule has 0 aromatic carbocycles. The normalized spacial score (nSPS) is 13.0. The van der Waals surface area contributed by atoms with E-state index in [2.05, 4.69) is 142 Å². The van der Waals surface area contributed by atoms with Crippen molar-refractivity contribution >= 4 is 17.9 Å². The van der Waals surface area contributed by atoms with Gasteiger partial charge in [0.2, 0.25) is 0 Å². The Kier molecular flexibility index (Phi) is 54.9. The zero-order valence-electron chi connectivity index (χ0n) is 45.9. The van der Waals surface area contributed by atoms with Crippen molar-refractivity contribution in [2.45, 2.75) is 258 Å². The summed E-state index contributed by atoms with van der Waals surface area (Å²) in [6.07, 6.45) is 80.4. The topological polar surface area (TPSA) is 78.9 Å². The third-order valence-corrected chi connectivity index (χ3v) is 12.0. The van der Waals surface area contributed by atoms with Crippen LogP contribution in [0.25, 0.3) is 0 Å². The quantitative estimate of drug-likeness (QED) is 0.0261. The van der Waals surface area contributed by atoms with Crippen molar-refractivity contribution in [2.24, 2.45) is 0 Å². The summed E-state index contributed by atoms with van der Waals surface area (Å²) in [7, 11) is 0. The van der Waals surface area contributed by atoms with Gasteiger partial charge < -0.3 is 14.2 Å². The SMILES string of the molecule is CC/C=C\C/C=C\C/C=C\C/C=C\C/C=C\C/C=C\CCCCCCCCC(=O)OCC(COC(=O)CCCCCCCCCCCCC)OC(=O)CCCCCC/C=C\C/C=C\C/C=C\C/C=C\CC. The summed E-state index contributed by atoms with van der Waals surface area (Å²) in [6, 6.07) is 0. The molecule has 1 atom stereocenters. The van der Waals surface area contributed by atoms with E-state index in [4.69, 9.17) is 14.2 Å². The Balaban J connectivity index is 4.39. The van der Waals surface area contributed by atoms with Crippen LogP contribution in [0.1, 0.15) is 252 Å². The molecule has 6 heteroatoms. The van der Waals surface area contributed by atoms with Gasteiger partial charge in [0, 0.05) is 19.3 Å². The Hall–Kier alpha value is -4.19. The van der Waals surface area contributed by atoms with Crippen LogP contribution in [-0.4, -0.2) is 37.2 Å². The smallest absolute Gasteiger partial charge is 0.306 e. The lowest BCUT2D eigenvalue weighted by Crippen LogP contribution is -2.30. The van der Waals surface area contributed by atoms with Gasteiger partial charge in [-0.3, -0.25) is 14.4 Å². The first-order valence-corrected chi connectivity index (χ1v) is 29.0. The number of allylic oxidation sites excluding steroid dienone is 20. The third kappa shape index (κ3) is 56.6. The fourth-order valence-corrected chi connectivity index (χ4v) is 7.67. The summed E-state index contributed by atoms with van der Waals surface area (Å²) in [5.41, 5.74) is 0. The molecule has 0 spiro atoms. The van der Waals surface area contributed by atoms with Gasteiger partial charge in [0.15, 0.2) is 6.10 Å². The van der Waals surface area contributed by atoms with Crippen molar-refractivity contribution in [1.82, 2.24) is 0 Å². The Morgan fingerprint density at radius 2 is 0.549 bits per heavy atom. The number of hydrogen-bond donors (Lipinski definition) is 0. The minimum Gasteiger partial charge on any atom is -0.462 e. The van der Waals surface area contributed by atoms with Gasteiger partial charge >= 0.3 is 17.9 Å². The maximum atomic E-state index is 12.8. The molecule has 0 bridgehead atoms. The molecule has 0 fully saturated rings. The van der Waals surface area contributed by atoms with E-state index >= 15 is 0 Å². The number of unbranched alkanes of at least 4 members (excludes halogenated alkanes) is 20. The Labute approximate surface area is 437 Å². The van der Waals surface area contributed by atoms with Crippen LogP contribution in [0.2, 0.25) is 0 Å². The summed E-state index contributed by atoms with van der Waals surface area (Å²) in [5, 5.41) is 0. The van der Waals surface area contributed by atoms with Gasteiger partial charge in [-0.15, -0.1) is 0 Å². The summed E-state index contributed by atoms with van der Waals surface area (Å²) in [5.74, 6) is -0.935. The van der Waals surface area contributed by atoms with Crippen molar-refractivity contribution in [3.05, 3.63) is 122 Å². The molecule has 0 saturated carbocycles. The van der Waals surface area contributed by atoms with E-state index in [-0.39, 0.29) is 31.1 Å². The monoisotopic (exact) mass is 983 g/mol. The van der Waals surface area contributed by atoms with E-state index in [1.165, 1.54) is 64.2 Å². The van der Waals surface area contributed by atoms with Gasteiger partial charge in [0.1, 0.15) is 13.2 Å². The summed E-state index contributed by atoms with van der Waals surface area (Å²) in [6.45, 7) is 6.37. The fraction of sp³-hybridized carbons (Fsp3) is 0.646. The highest BCUT2D eigenvalue weighted by Gasteiger charge is 2.19. The third-order valence-electron chi connectivity index (χ3n) is 12.0. The van der Waals surface area contributed by atoms with Crippen LogP contribution < -0.4 is 0 Å². The summed E-state index contributed by atoms with van der Waals surface area (Å²) < 4.78 is 16.8. The minimum absolute atomic E-state index is 0.0939. The fourth-order valence-electron chi connectivity index (χ4n) is 7.67. The van der Waals surface area contributed by atoms with Crippen molar-refractivity contribution in [3.63, 3.8) is 0 Å². The molecule has 0 aromatic heterocycles. The first kappa shape index (κ1) is 66.8. The summed E-state index contributed by atoms with van der Waals surface area (Å²) >= 11 is 0. The number of carbonyl (C=O) groups is 3. The highest BCUT2D eigenvalue weighted by Crippen LogP contribution is 2.14. The maximum absolute atomic E-state index is 12.8. The molecule has 71 heavy (non-hydrogen) atoms. The first-order valence-electron chi connectivity index (χ1n) is 29.0. The molecule has 0 rings (SSSR count). The molecule has 0 saturated heterocycles. The molecular weight excluding hydrogens is 877 g/mol. The highest BCUT2D eigenvalue weighted by molar-refractivity contribution is 5.71. The molecule has 1 unspecified atom stereocenters. The highest BCUT2D eigenvalue weighted by atomic mass is 16.6. The lowest BCUT2D eigenvalue weighted by Gasteiger charge is -2.18. The van der Waals surface area contributed by atoms with E-state index < -0.39 is 6.10 Å². The van der Waals surface area contributed by atoms with Gasteiger partial charge in [0.05, 0.1) is 0 Å². The predicted octanol–water partition coefficient (Wildman–Crippen LogP) is 19.6. The van der Waals surface area contributed by atoms with E-state index in [0.717, 1.165) is 148 Å². The van der Waals surface area contributed by atoms with E-state index in [0.29, 0.717) is 19.3 Å². The largest absolute Gasteiger partial charge is 0.462 e. The van der Waals surface area contributed by atoms with Crippen LogP contribution in [-0.2, 0) is 28.6 Å². The Morgan fingerprint density at radius 1 is 0.296 bits per heavy atom. The van der Waals surface area contributed by atoms with Gasteiger partial charge in [-0.25, -0.2) is 0 Å². The van der Waals surface area contributed by atoms with Gasteiger partial charge in [0.25, 0.3) is 0 Å². The molecule has 0 aliphatic rings. The van der Waals surface area contributed by atoms with Crippen molar-refractivity contribution < 1.29 is 28.6 Å². The molecule has 0 radical (unpaired) electrons. The standard InChI is InChI=1S/C65H106O6/c1-4-7-10-13-16-19-22-24-26-28-29-30-31-32-33-34-35-37-38-40-43-46-49-52-55-58-64(67)70-61-62(60-69-63(66)57-54-51-48-45-42-21-18-15-12-9-6-3)71-65(68)59-56-53-50-47-44-41-39-36-27-25-23-20-17-14-11-8-5-2/h7-8,10-11,16-17,19-20,24-27,29-30,32-33,35,37,39,41,62H,4-6,9,12-15,18,21-23,28,31,34,36,38,40,42-61H2,1-3H3/b10-7-,11-8-,19-16-,20-17-,26-24-,27-25-,30-29-,33-32-,37-35-,41-39-. The molecule has 0 aromatic rings. The zero-order chi connectivity index (χ0) is 51.4. The van der Waals surface area contributed by atoms with Crippen LogP contribution in [0.15, 0.2) is 122 Å². The number of ether oxygens (including phenoxy) is 3. The second kappa shape index (κ2) is 58.4. The molecular formula is C65H106O6. The van der Waals surface area contributed by atoms with E-state index in [1.807, 2.05) is 0 Å². The van der Waals surface area contributed by atoms with Gasteiger partial charge in [-0.2, -0.15) is 0 Å². The van der Waals surface area contributed by atoms with Crippen LogP contribution >= 0.6 is 0 Å². The zero-order valence-corrected chi connectivity index (χ0v) is 45.9. The number of rotatable bonds is 51. The Morgan fingerprint density at radius 3 is 0.859 bits per heavy atom. The lowest BCUT2D eigenvalue weighted by atomic mass is 10.1. The predicted molar refractivity (Wildman–Crippen MR) is 306 cm³/mol. The second-order valence-electron chi connectivity index (χ2n) is 18.8. The second-order valence-corrected chi connectivity index (χ2v) is 18.8. The molecule has 0 heterocycles. The van der Waals surface area contributed by atoms with Crippen molar-refractivity contribution in [2.75, 3.05) is 13.2 Å². The number of carbonyl (C=O) groups excluding carboxylic acids is 3. The van der Waals surface area contributed by atoms with Crippen LogP contribution in [0.3, 0.4) is 0 Å². The molecule has 0 aliphatic heterocycles. The van der Waals surface area contributed by atoms with Crippen LogP contribution in [0.4, 0.5) is 0 Å². The average Bonchev–Trinajstić information content (AvgIpc) is 3.37. The summed E-state index contributed by atoms with van der Waals surface area (Å²) in [4.78, 5) is 38.1.